The molecule has 2 heterocycles. The summed E-state index contributed by atoms with van der Waals surface area (Å²) in [6.45, 7) is 4.86. The molecule has 2 rings (SSSR count). The van der Waals surface area contributed by atoms with E-state index < -0.39 is 0 Å². The van der Waals surface area contributed by atoms with E-state index in [-0.39, 0.29) is 18.0 Å². The zero-order valence-electron chi connectivity index (χ0n) is 9.90. The highest BCUT2D eigenvalue weighted by Crippen LogP contribution is 1.98. The van der Waals surface area contributed by atoms with E-state index >= 15 is 0 Å². The molecule has 0 aromatic carbocycles. The third-order valence-electron chi connectivity index (χ3n) is 2.72. The molecule has 0 spiro atoms. The van der Waals surface area contributed by atoms with Gasteiger partial charge in [-0.2, -0.15) is 5.10 Å². The summed E-state index contributed by atoms with van der Waals surface area (Å²) in [7, 11) is 0. The number of nitrogens with zero attached hydrogens (tertiary/aromatic N) is 3. The topological polar surface area (TPSA) is 81.0 Å². The summed E-state index contributed by atoms with van der Waals surface area (Å²) >= 11 is 0. The van der Waals surface area contributed by atoms with E-state index in [9.17, 15) is 9.59 Å². The first-order valence-corrected chi connectivity index (χ1v) is 5.86. The molecule has 0 saturated heterocycles. The molecular formula is C10H17N5O2. The first-order chi connectivity index (χ1) is 8.22. The Morgan fingerprint density at radius 1 is 1.59 bits per heavy atom. The molecule has 1 aromatic heterocycles. The van der Waals surface area contributed by atoms with E-state index in [4.69, 9.17) is 0 Å². The van der Waals surface area contributed by atoms with Crippen molar-refractivity contribution in [2.24, 2.45) is 0 Å². The molecule has 0 saturated carbocycles. The van der Waals surface area contributed by atoms with Gasteiger partial charge in [-0.25, -0.2) is 9.48 Å². The van der Waals surface area contributed by atoms with Crippen molar-refractivity contribution in [1.29, 1.82) is 0 Å². The van der Waals surface area contributed by atoms with Crippen LogP contribution in [0.5, 0.6) is 0 Å². The van der Waals surface area contributed by atoms with Crippen molar-refractivity contribution in [2.45, 2.75) is 33.0 Å². The minimum Gasteiger partial charge on any atom is -0.356 e. The van der Waals surface area contributed by atoms with Gasteiger partial charge >= 0.3 is 5.69 Å². The van der Waals surface area contributed by atoms with Crippen LogP contribution in [0.15, 0.2) is 4.79 Å². The zero-order valence-corrected chi connectivity index (χ0v) is 9.90. The molecule has 7 heteroatoms. The lowest BCUT2D eigenvalue weighted by molar-refractivity contribution is -0.121. The average Bonchev–Trinajstić information content (AvgIpc) is 2.65. The van der Waals surface area contributed by atoms with E-state index in [2.05, 4.69) is 15.7 Å². The number of carbonyl (C=O) groups excluding carboxylic acids is 1. The normalized spacial score (nSPS) is 14.4. The average molecular weight is 239 g/mol. The first-order valence-electron chi connectivity index (χ1n) is 5.86. The lowest BCUT2D eigenvalue weighted by atomic mass is 10.4. The molecule has 0 bridgehead atoms. The molecule has 2 N–H and O–H groups in total. The molecular weight excluding hydrogens is 222 g/mol. The van der Waals surface area contributed by atoms with Crippen LogP contribution in [0.4, 0.5) is 0 Å². The van der Waals surface area contributed by atoms with Crippen LogP contribution in [0, 0.1) is 0 Å². The Balaban J connectivity index is 2.04. The molecule has 17 heavy (non-hydrogen) atoms. The predicted molar refractivity (Wildman–Crippen MR) is 61.5 cm³/mol. The van der Waals surface area contributed by atoms with Crippen LogP contribution in [0.3, 0.4) is 0 Å². The van der Waals surface area contributed by atoms with Crippen LogP contribution in [-0.4, -0.2) is 33.3 Å². The molecule has 0 aliphatic carbocycles. The molecule has 0 fully saturated rings. The Hall–Kier alpha value is -1.63. The summed E-state index contributed by atoms with van der Waals surface area (Å²) in [5, 5.41) is 10.1. The SMILES string of the molecule is CCNC(=O)CCn1nc2n(c1=O)CCNC2. The van der Waals surface area contributed by atoms with Crippen LogP contribution in [0.1, 0.15) is 19.2 Å². The fraction of sp³-hybridized carbons (Fsp3) is 0.700. The van der Waals surface area contributed by atoms with Gasteiger partial charge in [0.05, 0.1) is 13.1 Å². The van der Waals surface area contributed by atoms with Gasteiger partial charge in [-0.15, -0.1) is 0 Å². The largest absolute Gasteiger partial charge is 0.356 e. The molecule has 0 radical (unpaired) electrons. The summed E-state index contributed by atoms with van der Waals surface area (Å²) in [6.07, 6.45) is 0.289. The van der Waals surface area contributed by atoms with Gasteiger partial charge in [0, 0.05) is 26.1 Å². The fourth-order valence-corrected chi connectivity index (χ4v) is 1.87. The third kappa shape index (κ3) is 2.55. The van der Waals surface area contributed by atoms with Crippen LogP contribution in [0.25, 0.3) is 0 Å². The van der Waals surface area contributed by atoms with Crippen LogP contribution in [0.2, 0.25) is 0 Å². The third-order valence-corrected chi connectivity index (χ3v) is 2.72. The summed E-state index contributed by atoms with van der Waals surface area (Å²) < 4.78 is 3.03. The van der Waals surface area contributed by atoms with Crippen LogP contribution >= 0.6 is 0 Å². The van der Waals surface area contributed by atoms with Crippen molar-refractivity contribution in [1.82, 2.24) is 25.0 Å². The van der Waals surface area contributed by atoms with Gasteiger partial charge in [-0.3, -0.25) is 9.36 Å². The molecule has 1 aromatic rings. The summed E-state index contributed by atoms with van der Waals surface area (Å²) in [5.74, 6) is 0.695. The van der Waals surface area contributed by atoms with Crippen molar-refractivity contribution >= 4 is 5.91 Å². The lowest BCUT2D eigenvalue weighted by Gasteiger charge is -2.11. The second-order valence-electron chi connectivity index (χ2n) is 3.95. The highest BCUT2D eigenvalue weighted by molar-refractivity contribution is 5.75. The Labute approximate surface area is 98.8 Å². The maximum absolute atomic E-state index is 11.9. The molecule has 7 nitrogen and oxygen atoms in total. The molecule has 94 valence electrons. The van der Waals surface area contributed by atoms with Crippen molar-refractivity contribution in [3.63, 3.8) is 0 Å². The molecule has 1 aliphatic rings. The number of aromatic nitrogens is 3. The van der Waals surface area contributed by atoms with Gasteiger partial charge in [-0.1, -0.05) is 0 Å². The van der Waals surface area contributed by atoms with Crippen molar-refractivity contribution < 1.29 is 4.79 Å². The van der Waals surface area contributed by atoms with Gasteiger partial charge < -0.3 is 10.6 Å². The number of hydrogen-bond acceptors (Lipinski definition) is 4. The maximum atomic E-state index is 11.9. The quantitative estimate of drug-likeness (QED) is 0.682. The summed E-state index contributed by atoms with van der Waals surface area (Å²) in [4.78, 5) is 23.2. The maximum Gasteiger partial charge on any atom is 0.346 e. The monoisotopic (exact) mass is 239 g/mol. The second-order valence-corrected chi connectivity index (χ2v) is 3.95. The minimum atomic E-state index is -0.120. The van der Waals surface area contributed by atoms with E-state index in [0.29, 0.717) is 26.2 Å². The van der Waals surface area contributed by atoms with E-state index in [1.54, 1.807) is 4.57 Å². The van der Waals surface area contributed by atoms with Gasteiger partial charge in [0.25, 0.3) is 0 Å². The molecule has 1 amide bonds. The standard InChI is InChI=1S/C10H17N5O2/c1-2-12-9(16)3-5-15-10(17)14-6-4-11-7-8(14)13-15/h11H,2-7H2,1H3,(H,12,16). The van der Waals surface area contributed by atoms with Crippen LogP contribution in [-0.2, 0) is 24.4 Å². The number of rotatable bonds is 4. The number of aryl methyl sites for hydroxylation is 1. The Morgan fingerprint density at radius 3 is 3.12 bits per heavy atom. The fourth-order valence-electron chi connectivity index (χ4n) is 1.87. The minimum absolute atomic E-state index is 0.0523. The molecule has 0 atom stereocenters. The molecule has 1 aliphatic heterocycles. The van der Waals surface area contributed by atoms with Crippen molar-refractivity contribution in [3.05, 3.63) is 16.3 Å². The number of hydrogen-bond donors (Lipinski definition) is 2. The van der Waals surface area contributed by atoms with E-state index in [1.807, 2.05) is 6.92 Å². The smallest absolute Gasteiger partial charge is 0.346 e. The van der Waals surface area contributed by atoms with Crippen molar-refractivity contribution in [3.8, 4) is 0 Å². The number of amides is 1. The van der Waals surface area contributed by atoms with Crippen molar-refractivity contribution in [2.75, 3.05) is 13.1 Å². The Morgan fingerprint density at radius 2 is 2.41 bits per heavy atom. The summed E-state index contributed by atoms with van der Waals surface area (Å²) in [6, 6.07) is 0. The molecule has 0 unspecified atom stereocenters. The van der Waals surface area contributed by atoms with Gasteiger partial charge in [-0.05, 0) is 6.92 Å². The number of fused-ring (bicyclic) bond motifs is 1. The Bertz CT molecular complexity index is 462. The number of carbonyl (C=O) groups is 1. The second kappa shape index (κ2) is 5.13. The lowest BCUT2D eigenvalue weighted by Crippen LogP contribution is -2.34. The van der Waals surface area contributed by atoms with E-state index in [0.717, 1.165) is 12.4 Å². The Kier molecular flexibility index (Phi) is 3.58. The predicted octanol–water partition coefficient (Wildman–Crippen LogP) is -1.33. The summed E-state index contributed by atoms with van der Waals surface area (Å²) in [5.41, 5.74) is -0.120. The van der Waals surface area contributed by atoms with Gasteiger partial charge in [0.2, 0.25) is 5.91 Å². The van der Waals surface area contributed by atoms with Crippen LogP contribution < -0.4 is 16.3 Å². The highest BCUT2D eigenvalue weighted by Gasteiger charge is 2.16. The first kappa shape index (κ1) is 11.8. The van der Waals surface area contributed by atoms with E-state index in [1.165, 1.54) is 4.68 Å². The van der Waals surface area contributed by atoms with Gasteiger partial charge in [0.1, 0.15) is 5.82 Å². The highest BCUT2D eigenvalue weighted by atomic mass is 16.2. The van der Waals surface area contributed by atoms with Gasteiger partial charge in [0.15, 0.2) is 0 Å². The number of nitrogens with one attached hydrogen (secondary N) is 2. The zero-order chi connectivity index (χ0) is 12.3.